The molecule has 0 saturated carbocycles. The predicted molar refractivity (Wildman–Crippen MR) is 105 cm³/mol. The molecule has 10 heteroatoms. The number of amides is 4. The number of carboxylic acid groups (broad SMARTS) is 1. The summed E-state index contributed by atoms with van der Waals surface area (Å²) in [6.45, 7) is 9.30. The fraction of sp³-hybridized carbons (Fsp3) is 0.632. The zero-order valence-electron chi connectivity index (χ0n) is 17.0. The van der Waals surface area contributed by atoms with Crippen LogP contribution in [0.3, 0.4) is 0 Å². The van der Waals surface area contributed by atoms with Crippen LogP contribution in [-0.2, 0) is 19.2 Å². The van der Waals surface area contributed by atoms with Crippen molar-refractivity contribution >= 4 is 30.1 Å². The van der Waals surface area contributed by atoms with Gasteiger partial charge >= 0.3 is 6.09 Å². The lowest BCUT2D eigenvalue weighted by Crippen LogP contribution is -2.56. The Kier molecular flexibility index (Phi) is 9.30. The second-order valence-corrected chi connectivity index (χ2v) is 7.66. The molecule has 4 amide bonds. The molecule has 0 radical (unpaired) electrons. The van der Waals surface area contributed by atoms with Crippen LogP contribution in [0.5, 0.6) is 0 Å². The van der Waals surface area contributed by atoms with Crippen LogP contribution in [0.1, 0.15) is 40.0 Å². The first-order valence-corrected chi connectivity index (χ1v) is 9.52. The molecule has 0 bridgehead atoms. The lowest BCUT2D eigenvalue weighted by Gasteiger charge is -2.25. The fourth-order valence-electron chi connectivity index (χ4n) is 3.10. The molecule has 4 atom stereocenters. The van der Waals surface area contributed by atoms with E-state index >= 15 is 0 Å². The van der Waals surface area contributed by atoms with Crippen LogP contribution in [0.2, 0.25) is 0 Å². The minimum absolute atomic E-state index is 0.116. The van der Waals surface area contributed by atoms with Gasteiger partial charge in [0.25, 0.3) is 0 Å². The highest BCUT2D eigenvalue weighted by molar-refractivity contribution is 5.92. The van der Waals surface area contributed by atoms with Crippen LogP contribution in [0.4, 0.5) is 4.79 Å². The summed E-state index contributed by atoms with van der Waals surface area (Å²) in [5, 5.41) is 18.8. The third-order valence-electron chi connectivity index (χ3n) is 4.61. The van der Waals surface area contributed by atoms with Gasteiger partial charge in [0.15, 0.2) is 0 Å². The SMILES string of the molecule is C=C(C)CC(NC(=O)C(NC(=O)O)C(C)C)C(=O)NC(C=O)C[C@@H]1CCNC1=O. The Morgan fingerprint density at radius 2 is 1.90 bits per heavy atom. The summed E-state index contributed by atoms with van der Waals surface area (Å²) in [7, 11) is 0. The number of hydrogen-bond donors (Lipinski definition) is 5. The molecule has 1 aliphatic rings. The zero-order chi connectivity index (χ0) is 22.1. The Morgan fingerprint density at radius 3 is 2.34 bits per heavy atom. The Morgan fingerprint density at radius 1 is 1.24 bits per heavy atom. The minimum atomic E-state index is -1.35. The summed E-state index contributed by atoms with van der Waals surface area (Å²) < 4.78 is 0. The molecule has 1 fully saturated rings. The first-order chi connectivity index (χ1) is 13.5. The summed E-state index contributed by atoms with van der Waals surface area (Å²) >= 11 is 0. The van der Waals surface area contributed by atoms with Gasteiger partial charge in [-0.25, -0.2) is 4.79 Å². The molecule has 3 unspecified atom stereocenters. The molecular formula is C19H30N4O6. The van der Waals surface area contributed by atoms with Crippen molar-refractivity contribution in [2.24, 2.45) is 11.8 Å². The van der Waals surface area contributed by atoms with Gasteiger partial charge in [-0.05, 0) is 32.1 Å². The quantitative estimate of drug-likeness (QED) is 0.237. The van der Waals surface area contributed by atoms with E-state index in [0.717, 1.165) is 0 Å². The van der Waals surface area contributed by atoms with E-state index in [9.17, 15) is 24.0 Å². The van der Waals surface area contributed by atoms with Gasteiger partial charge in [-0.1, -0.05) is 19.4 Å². The molecule has 1 aliphatic heterocycles. The molecule has 0 spiro atoms. The highest BCUT2D eigenvalue weighted by Crippen LogP contribution is 2.16. The number of aldehydes is 1. The van der Waals surface area contributed by atoms with Crippen molar-refractivity contribution in [1.82, 2.24) is 21.3 Å². The van der Waals surface area contributed by atoms with Crippen LogP contribution >= 0.6 is 0 Å². The number of rotatable bonds is 11. The number of carbonyl (C=O) groups excluding carboxylic acids is 4. The number of nitrogens with one attached hydrogen (secondary N) is 4. The van der Waals surface area contributed by atoms with Gasteiger partial charge < -0.3 is 31.2 Å². The van der Waals surface area contributed by atoms with Crippen molar-refractivity contribution in [2.45, 2.75) is 58.2 Å². The second-order valence-electron chi connectivity index (χ2n) is 7.66. The molecule has 0 aromatic heterocycles. The third-order valence-corrected chi connectivity index (χ3v) is 4.61. The Balaban J connectivity index is 2.83. The van der Waals surface area contributed by atoms with Crippen molar-refractivity contribution in [2.75, 3.05) is 6.54 Å². The van der Waals surface area contributed by atoms with Crippen LogP contribution in [0.25, 0.3) is 0 Å². The largest absolute Gasteiger partial charge is 0.465 e. The van der Waals surface area contributed by atoms with Gasteiger partial charge in [0.2, 0.25) is 17.7 Å². The van der Waals surface area contributed by atoms with E-state index in [1.165, 1.54) is 0 Å². The molecule has 1 rings (SSSR count). The molecule has 10 nitrogen and oxygen atoms in total. The van der Waals surface area contributed by atoms with Gasteiger partial charge in [0, 0.05) is 12.5 Å². The van der Waals surface area contributed by atoms with E-state index in [-0.39, 0.29) is 30.6 Å². The first-order valence-electron chi connectivity index (χ1n) is 9.52. The summed E-state index contributed by atoms with van der Waals surface area (Å²) in [5.41, 5.74) is 0.621. The van der Waals surface area contributed by atoms with Crippen LogP contribution in [0.15, 0.2) is 12.2 Å². The van der Waals surface area contributed by atoms with Gasteiger partial charge in [-0.3, -0.25) is 14.4 Å². The Hall–Kier alpha value is -2.91. The Labute approximate surface area is 169 Å². The van der Waals surface area contributed by atoms with Crippen molar-refractivity contribution in [3.63, 3.8) is 0 Å². The lowest BCUT2D eigenvalue weighted by atomic mass is 9.98. The van der Waals surface area contributed by atoms with Crippen LogP contribution in [0, 0.1) is 11.8 Å². The summed E-state index contributed by atoms with van der Waals surface area (Å²) in [5.74, 6) is -2.11. The van der Waals surface area contributed by atoms with E-state index in [2.05, 4.69) is 27.8 Å². The van der Waals surface area contributed by atoms with Gasteiger partial charge in [0.1, 0.15) is 18.4 Å². The van der Waals surface area contributed by atoms with E-state index < -0.39 is 36.0 Å². The lowest BCUT2D eigenvalue weighted by molar-refractivity contribution is -0.131. The van der Waals surface area contributed by atoms with Crippen molar-refractivity contribution in [3.05, 3.63) is 12.2 Å². The fourth-order valence-corrected chi connectivity index (χ4v) is 3.10. The highest BCUT2D eigenvalue weighted by Gasteiger charge is 2.31. The maximum Gasteiger partial charge on any atom is 0.405 e. The summed E-state index contributed by atoms with van der Waals surface area (Å²) in [6.07, 6.45) is 0.0822. The van der Waals surface area contributed by atoms with Crippen LogP contribution < -0.4 is 21.3 Å². The molecule has 0 aromatic carbocycles. The van der Waals surface area contributed by atoms with Gasteiger partial charge in [0.05, 0.1) is 6.04 Å². The topological polar surface area (TPSA) is 154 Å². The molecule has 1 saturated heterocycles. The number of carbonyl (C=O) groups is 5. The smallest absolute Gasteiger partial charge is 0.405 e. The first kappa shape index (κ1) is 24.1. The second kappa shape index (κ2) is 11.2. The summed E-state index contributed by atoms with van der Waals surface area (Å²) in [4.78, 5) is 59.2. The number of hydrogen-bond acceptors (Lipinski definition) is 5. The van der Waals surface area contributed by atoms with Gasteiger partial charge in [-0.2, -0.15) is 0 Å². The van der Waals surface area contributed by atoms with E-state index in [0.29, 0.717) is 24.8 Å². The standard InChI is InChI=1S/C19H30N4O6/c1-10(2)7-14(22-18(27)15(11(3)4)23-19(28)29)17(26)21-13(9-24)8-12-5-6-20-16(12)25/h9,11-15,23H,1,5-8H2,2-4H3,(H,20,25)(H,21,26)(H,22,27)(H,28,29)/t12-,13?,14?,15?/m0/s1. The molecule has 5 N–H and O–H groups in total. The highest BCUT2D eigenvalue weighted by atomic mass is 16.4. The predicted octanol–water partition coefficient (Wildman–Crippen LogP) is -0.0605. The molecule has 0 aliphatic carbocycles. The van der Waals surface area contributed by atoms with Crippen molar-refractivity contribution in [1.29, 1.82) is 0 Å². The monoisotopic (exact) mass is 410 g/mol. The zero-order valence-corrected chi connectivity index (χ0v) is 17.0. The normalized spacial score (nSPS) is 18.9. The maximum absolute atomic E-state index is 12.7. The average molecular weight is 410 g/mol. The van der Waals surface area contributed by atoms with E-state index in [4.69, 9.17) is 5.11 Å². The molecule has 0 aromatic rings. The van der Waals surface area contributed by atoms with Crippen molar-refractivity contribution < 1.29 is 29.1 Å². The maximum atomic E-state index is 12.7. The summed E-state index contributed by atoms with van der Waals surface area (Å²) in [6, 6.07) is -2.95. The minimum Gasteiger partial charge on any atom is -0.465 e. The molecular weight excluding hydrogens is 380 g/mol. The average Bonchev–Trinajstić information content (AvgIpc) is 3.02. The molecule has 29 heavy (non-hydrogen) atoms. The van der Waals surface area contributed by atoms with E-state index in [1.807, 2.05) is 0 Å². The van der Waals surface area contributed by atoms with E-state index in [1.54, 1.807) is 20.8 Å². The van der Waals surface area contributed by atoms with Crippen molar-refractivity contribution in [3.8, 4) is 0 Å². The van der Waals surface area contributed by atoms with Crippen LogP contribution in [-0.4, -0.2) is 59.9 Å². The van der Waals surface area contributed by atoms with Gasteiger partial charge in [-0.15, -0.1) is 6.58 Å². The molecule has 1 heterocycles. The molecule has 162 valence electrons. The Bertz CT molecular complexity index is 663. The third kappa shape index (κ3) is 7.92.